The zero-order valence-electron chi connectivity index (χ0n) is 14.6. The van der Waals surface area contributed by atoms with Crippen LogP contribution in [0.25, 0.3) is 6.08 Å². The number of nitrogens with zero attached hydrogens (tertiary/aromatic N) is 1. The molecule has 5 heteroatoms. The van der Waals surface area contributed by atoms with Gasteiger partial charge in [-0.15, -0.1) is 0 Å². The molecule has 2 aromatic rings. The summed E-state index contributed by atoms with van der Waals surface area (Å²) in [7, 11) is 0. The van der Waals surface area contributed by atoms with Crippen LogP contribution < -0.4 is 14.8 Å². The molecule has 2 heterocycles. The Morgan fingerprint density at radius 1 is 1.08 bits per heavy atom. The summed E-state index contributed by atoms with van der Waals surface area (Å²) in [6.07, 6.45) is 3.32. The topological polar surface area (TPSA) is 59.9 Å². The molecule has 2 aromatic carbocycles. The summed E-state index contributed by atoms with van der Waals surface area (Å²) in [5.41, 5.74) is 3.76. The fourth-order valence-corrected chi connectivity index (χ4v) is 3.07. The van der Waals surface area contributed by atoms with Crippen molar-refractivity contribution in [2.75, 3.05) is 13.2 Å². The van der Waals surface area contributed by atoms with E-state index < -0.39 is 0 Å². The fourth-order valence-electron chi connectivity index (χ4n) is 3.07. The molecule has 2 aliphatic heterocycles. The van der Waals surface area contributed by atoms with Crippen LogP contribution in [0, 0.1) is 6.92 Å². The van der Waals surface area contributed by atoms with E-state index in [1.165, 1.54) is 11.1 Å². The van der Waals surface area contributed by atoms with Gasteiger partial charge in [-0.3, -0.25) is 4.79 Å². The van der Waals surface area contributed by atoms with Gasteiger partial charge in [0.2, 0.25) is 0 Å². The van der Waals surface area contributed by atoms with Gasteiger partial charge in [-0.2, -0.15) is 0 Å². The molecule has 0 aliphatic carbocycles. The maximum Gasteiger partial charge on any atom is 0.275 e. The van der Waals surface area contributed by atoms with E-state index in [0.717, 1.165) is 17.7 Å². The molecule has 26 heavy (non-hydrogen) atoms. The quantitative estimate of drug-likeness (QED) is 0.863. The van der Waals surface area contributed by atoms with Crippen LogP contribution in [0.3, 0.4) is 0 Å². The second kappa shape index (κ2) is 7.04. The number of fused-ring (bicyclic) bond motifs is 1. The molecule has 0 spiro atoms. The predicted molar refractivity (Wildman–Crippen MR) is 100 cm³/mol. The van der Waals surface area contributed by atoms with E-state index in [0.29, 0.717) is 36.9 Å². The Labute approximate surface area is 152 Å². The zero-order chi connectivity index (χ0) is 17.9. The van der Waals surface area contributed by atoms with Crippen molar-refractivity contribution in [3.05, 3.63) is 64.9 Å². The van der Waals surface area contributed by atoms with Gasteiger partial charge in [0.1, 0.15) is 24.7 Å². The van der Waals surface area contributed by atoms with E-state index in [1.807, 2.05) is 24.3 Å². The molecule has 0 bridgehead atoms. The van der Waals surface area contributed by atoms with Gasteiger partial charge in [-0.05, 0) is 42.7 Å². The zero-order valence-corrected chi connectivity index (χ0v) is 14.6. The van der Waals surface area contributed by atoms with E-state index >= 15 is 0 Å². The van der Waals surface area contributed by atoms with E-state index in [9.17, 15) is 4.79 Å². The Morgan fingerprint density at radius 3 is 2.77 bits per heavy atom. The second-order valence-corrected chi connectivity index (χ2v) is 6.43. The Bertz CT molecular complexity index is 915. The van der Waals surface area contributed by atoms with Gasteiger partial charge in [0.05, 0.1) is 0 Å². The molecule has 0 aromatic heterocycles. The largest absolute Gasteiger partial charge is 0.486 e. The van der Waals surface area contributed by atoms with Crippen LogP contribution in [0.15, 0.2) is 53.2 Å². The first-order valence-electron chi connectivity index (χ1n) is 8.73. The summed E-state index contributed by atoms with van der Waals surface area (Å²) in [5, 5.41) is 2.86. The van der Waals surface area contributed by atoms with Crippen LogP contribution >= 0.6 is 0 Å². The first-order valence-corrected chi connectivity index (χ1v) is 8.73. The van der Waals surface area contributed by atoms with E-state index in [4.69, 9.17) is 9.47 Å². The highest BCUT2D eigenvalue weighted by Gasteiger charge is 2.20. The van der Waals surface area contributed by atoms with Gasteiger partial charge >= 0.3 is 0 Å². The molecule has 5 nitrogen and oxygen atoms in total. The average Bonchev–Trinajstić information content (AvgIpc) is 2.99. The van der Waals surface area contributed by atoms with Crippen molar-refractivity contribution in [2.24, 2.45) is 4.99 Å². The maximum absolute atomic E-state index is 12.2. The summed E-state index contributed by atoms with van der Waals surface area (Å²) in [6.45, 7) is 3.17. The molecule has 0 unspecified atom stereocenters. The van der Waals surface area contributed by atoms with Gasteiger partial charge in [0.15, 0.2) is 11.5 Å². The molecule has 1 N–H and O–H groups in total. The number of rotatable bonds is 4. The second-order valence-electron chi connectivity index (χ2n) is 6.43. The lowest BCUT2D eigenvalue weighted by atomic mass is 10.1. The highest BCUT2D eigenvalue weighted by Crippen LogP contribution is 2.31. The minimum absolute atomic E-state index is 0.167. The van der Waals surface area contributed by atoms with Crippen molar-refractivity contribution in [1.29, 1.82) is 0 Å². The molecular weight excluding hydrogens is 328 g/mol. The number of hydrogen-bond acceptors (Lipinski definition) is 4. The first kappa shape index (κ1) is 16.4. The number of nitrogens with one attached hydrogen (secondary N) is 1. The summed E-state index contributed by atoms with van der Waals surface area (Å²) in [4.78, 5) is 16.7. The molecule has 1 amide bonds. The number of aryl methyl sites for hydroxylation is 2. The number of ether oxygens (including phenoxy) is 2. The molecule has 2 aliphatic rings. The van der Waals surface area contributed by atoms with Crippen molar-refractivity contribution in [2.45, 2.75) is 19.8 Å². The smallest absolute Gasteiger partial charge is 0.275 e. The summed E-state index contributed by atoms with van der Waals surface area (Å²) in [5.74, 6) is 1.98. The number of aliphatic imine (C=N–C) groups is 1. The Hall–Kier alpha value is -3.08. The van der Waals surface area contributed by atoms with Gasteiger partial charge in [-0.1, -0.05) is 35.9 Å². The minimum atomic E-state index is -0.167. The molecule has 132 valence electrons. The third-order valence-electron chi connectivity index (χ3n) is 4.35. The van der Waals surface area contributed by atoms with Gasteiger partial charge in [-0.25, -0.2) is 4.99 Å². The van der Waals surface area contributed by atoms with E-state index in [-0.39, 0.29) is 5.91 Å². The number of carbonyl (C=O) groups is 1. The van der Waals surface area contributed by atoms with Gasteiger partial charge < -0.3 is 14.8 Å². The lowest BCUT2D eigenvalue weighted by molar-refractivity contribution is -0.115. The maximum atomic E-state index is 12.2. The van der Waals surface area contributed by atoms with Crippen LogP contribution in [-0.2, 0) is 11.2 Å². The summed E-state index contributed by atoms with van der Waals surface area (Å²) in [6, 6.07) is 14.0. The Morgan fingerprint density at radius 2 is 1.92 bits per heavy atom. The number of benzene rings is 2. The lowest BCUT2D eigenvalue weighted by Gasteiger charge is -2.18. The molecule has 0 saturated heterocycles. The lowest BCUT2D eigenvalue weighted by Crippen LogP contribution is -2.24. The number of hydrogen-bond donors (Lipinski definition) is 1. The monoisotopic (exact) mass is 348 g/mol. The average molecular weight is 348 g/mol. The molecule has 4 rings (SSSR count). The number of carbonyl (C=O) groups excluding carboxylic acids is 1. The van der Waals surface area contributed by atoms with Crippen LogP contribution in [0.2, 0.25) is 0 Å². The van der Waals surface area contributed by atoms with Crippen LogP contribution in [-0.4, -0.2) is 25.0 Å². The third kappa shape index (κ3) is 3.61. The Balaban J connectivity index is 1.48. The van der Waals surface area contributed by atoms with Crippen LogP contribution in [0.1, 0.15) is 23.1 Å². The Kier molecular flexibility index (Phi) is 4.44. The summed E-state index contributed by atoms with van der Waals surface area (Å²) < 4.78 is 11.1. The van der Waals surface area contributed by atoms with Crippen molar-refractivity contribution in [1.82, 2.24) is 5.32 Å². The highest BCUT2D eigenvalue weighted by molar-refractivity contribution is 6.14. The van der Waals surface area contributed by atoms with Crippen LogP contribution in [0.4, 0.5) is 0 Å². The molecule has 0 radical (unpaired) electrons. The van der Waals surface area contributed by atoms with Crippen molar-refractivity contribution >= 4 is 17.8 Å². The molecule has 0 atom stereocenters. The van der Waals surface area contributed by atoms with Crippen molar-refractivity contribution < 1.29 is 14.3 Å². The van der Waals surface area contributed by atoms with Crippen LogP contribution in [0.5, 0.6) is 11.5 Å². The van der Waals surface area contributed by atoms with Gasteiger partial charge in [0, 0.05) is 6.42 Å². The standard InChI is InChI=1S/C21H20N2O3/c1-14-3-2-4-15(11-14)6-8-20-22-17(21(24)23-20)12-16-5-7-18-19(13-16)26-10-9-25-18/h2-5,7,11-13H,6,8-10H2,1H3,(H,22,23,24)/b17-12+. The summed E-state index contributed by atoms with van der Waals surface area (Å²) >= 11 is 0. The number of amidine groups is 1. The minimum Gasteiger partial charge on any atom is -0.486 e. The third-order valence-corrected chi connectivity index (χ3v) is 4.35. The van der Waals surface area contributed by atoms with E-state index in [1.54, 1.807) is 6.08 Å². The van der Waals surface area contributed by atoms with E-state index in [2.05, 4.69) is 35.4 Å². The fraction of sp³-hybridized carbons (Fsp3) is 0.238. The van der Waals surface area contributed by atoms with Crippen molar-refractivity contribution in [3.8, 4) is 11.5 Å². The number of amides is 1. The normalized spacial score (nSPS) is 17.2. The SMILES string of the molecule is Cc1cccc(CCC2=N/C(=C/c3ccc4c(c3)OCCO4)C(=O)N2)c1. The van der Waals surface area contributed by atoms with Gasteiger partial charge in [0.25, 0.3) is 5.91 Å². The molecule has 0 saturated carbocycles. The predicted octanol–water partition coefficient (Wildman–Crippen LogP) is 3.27. The van der Waals surface area contributed by atoms with Crippen molar-refractivity contribution in [3.63, 3.8) is 0 Å². The molecular formula is C21H20N2O3. The first-order chi connectivity index (χ1) is 12.7. The molecule has 0 fully saturated rings. The highest BCUT2D eigenvalue weighted by atomic mass is 16.6.